The van der Waals surface area contributed by atoms with Crippen molar-refractivity contribution in [2.24, 2.45) is 11.8 Å². The molecule has 0 aliphatic carbocycles. The van der Waals surface area contributed by atoms with Crippen LogP contribution in [0.15, 0.2) is 0 Å². The molecule has 4 atom stereocenters. The third-order valence-electron chi connectivity index (χ3n) is 4.25. The third kappa shape index (κ3) is 1.92. The van der Waals surface area contributed by atoms with E-state index >= 15 is 0 Å². The number of hydrogen-bond donors (Lipinski definition) is 3. The van der Waals surface area contributed by atoms with E-state index in [1.807, 2.05) is 0 Å². The topological polar surface area (TPSA) is 70.2 Å². The highest BCUT2D eigenvalue weighted by Crippen LogP contribution is 2.26. The van der Waals surface area contributed by atoms with Crippen molar-refractivity contribution < 1.29 is 9.59 Å². The molecule has 0 bridgehead atoms. The molecule has 0 aromatic carbocycles. The molecule has 0 radical (unpaired) electrons. The van der Waals surface area contributed by atoms with Crippen LogP contribution in [0.25, 0.3) is 0 Å². The van der Waals surface area contributed by atoms with Crippen LogP contribution in [-0.4, -0.2) is 43.4 Å². The predicted molar refractivity (Wildman–Crippen MR) is 62.4 cm³/mol. The van der Waals surface area contributed by atoms with Crippen LogP contribution in [0.3, 0.4) is 0 Å². The molecule has 3 aliphatic heterocycles. The average molecular weight is 237 g/mol. The lowest BCUT2D eigenvalue weighted by molar-refractivity contribution is -0.141. The summed E-state index contributed by atoms with van der Waals surface area (Å²) in [4.78, 5) is 24.4. The maximum atomic E-state index is 12.2. The smallest absolute Gasteiger partial charge is 0.204 e. The zero-order valence-electron chi connectivity index (χ0n) is 9.87. The first-order chi connectivity index (χ1) is 8.27. The fraction of sp³-hybridized carbons (Fsp3) is 0.833. The van der Waals surface area contributed by atoms with E-state index < -0.39 is 0 Å². The first kappa shape index (κ1) is 11.3. The molecule has 5 nitrogen and oxygen atoms in total. The number of rotatable bonds is 0. The minimum atomic E-state index is -0.151. The summed E-state index contributed by atoms with van der Waals surface area (Å²) in [6, 6.07) is 0.112. The molecule has 4 unspecified atom stereocenters. The van der Waals surface area contributed by atoms with E-state index in [1.165, 1.54) is 0 Å². The van der Waals surface area contributed by atoms with Crippen LogP contribution < -0.4 is 16.0 Å². The highest BCUT2D eigenvalue weighted by molar-refractivity contribution is 6.39. The zero-order chi connectivity index (χ0) is 11.8. The monoisotopic (exact) mass is 237 g/mol. The molecular formula is C12H19N3O2. The second-order valence-corrected chi connectivity index (χ2v) is 5.28. The minimum Gasteiger partial charge on any atom is -0.315 e. The fourth-order valence-electron chi connectivity index (χ4n) is 3.29. The average Bonchev–Trinajstić information content (AvgIpc) is 2.48. The quantitative estimate of drug-likeness (QED) is 0.473. The Morgan fingerprint density at radius 1 is 1.00 bits per heavy atom. The van der Waals surface area contributed by atoms with Crippen LogP contribution in [0, 0.1) is 11.8 Å². The standard InChI is InChI=1S/C12H19N3O2/c16-10-7-3-5-13-6-9(7)15-12-8(11(10)17)2-1-4-14-12/h7-9,12-15H,1-6H2. The summed E-state index contributed by atoms with van der Waals surface area (Å²) >= 11 is 0. The maximum Gasteiger partial charge on any atom is 0.204 e. The first-order valence-electron chi connectivity index (χ1n) is 6.55. The van der Waals surface area contributed by atoms with Crippen molar-refractivity contribution in [3.8, 4) is 0 Å². The Hall–Kier alpha value is -0.780. The van der Waals surface area contributed by atoms with Gasteiger partial charge in [0.1, 0.15) is 0 Å². The number of fused-ring (bicyclic) bond motifs is 2. The molecule has 3 heterocycles. The zero-order valence-corrected chi connectivity index (χ0v) is 9.87. The van der Waals surface area contributed by atoms with Crippen molar-refractivity contribution in [3.63, 3.8) is 0 Å². The van der Waals surface area contributed by atoms with Crippen LogP contribution >= 0.6 is 0 Å². The summed E-state index contributed by atoms with van der Waals surface area (Å²) in [5.41, 5.74) is 0. The molecule has 3 rings (SSSR count). The number of nitrogens with one attached hydrogen (secondary N) is 3. The number of ketones is 2. The van der Waals surface area contributed by atoms with Gasteiger partial charge in [-0.2, -0.15) is 0 Å². The molecule has 0 aromatic heterocycles. The van der Waals surface area contributed by atoms with Crippen molar-refractivity contribution in [2.75, 3.05) is 19.6 Å². The molecular weight excluding hydrogens is 218 g/mol. The molecule has 3 N–H and O–H groups in total. The second kappa shape index (κ2) is 4.48. The number of Topliss-reactive ketones (excluding diaryl/α,β-unsaturated/α-hetero) is 2. The van der Waals surface area contributed by atoms with Crippen LogP contribution in [0.2, 0.25) is 0 Å². The number of carbonyl (C=O) groups excluding carboxylic acids is 2. The molecule has 0 spiro atoms. The van der Waals surface area contributed by atoms with Gasteiger partial charge in [0.2, 0.25) is 11.6 Å². The Kier molecular flexibility index (Phi) is 2.98. The Bertz CT molecular complexity index is 313. The van der Waals surface area contributed by atoms with Gasteiger partial charge in [-0.1, -0.05) is 0 Å². The largest absolute Gasteiger partial charge is 0.315 e. The van der Waals surface area contributed by atoms with Gasteiger partial charge in [-0.05, 0) is 32.4 Å². The van der Waals surface area contributed by atoms with Crippen molar-refractivity contribution >= 4 is 11.6 Å². The summed E-state index contributed by atoms with van der Waals surface area (Å²) in [6.07, 6.45) is 2.59. The second-order valence-electron chi connectivity index (χ2n) is 5.28. The molecule has 0 saturated carbocycles. The number of piperidine rings is 2. The lowest BCUT2D eigenvalue weighted by Gasteiger charge is -2.34. The molecule has 0 aromatic rings. The van der Waals surface area contributed by atoms with Crippen molar-refractivity contribution in [1.29, 1.82) is 0 Å². The van der Waals surface area contributed by atoms with E-state index in [0.717, 1.165) is 38.9 Å². The van der Waals surface area contributed by atoms with E-state index in [-0.39, 0.29) is 35.6 Å². The van der Waals surface area contributed by atoms with Crippen LogP contribution in [0.4, 0.5) is 0 Å². The number of hydrogen-bond acceptors (Lipinski definition) is 5. The summed E-state index contributed by atoms with van der Waals surface area (Å²) in [6.45, 7) is 2.56. The Balaban J connectivity index is 1.87. The molecule has 3 aliphatic rings. The molecule has 3 fully saturated rings. The van der Waals surface area contributed by atoms with E-state index in [1.54, 1.807) is 0 Å². The van der Waals surface area contributed by atoms with Gasteiger partial charge >= 0.3 is 0 Å². The van der Waals surface area contributed by atoms with Gasteiger partial charge in [0, 0.05) is 18.5 Å². The highest BCUT2D eigenvalue weighted by atomic mass is 16.2. The molecule has 5 heteroatoms. The normalized spacial score (nSPS) is 42.6. The summed E-state index contributed by atoms with van der Waals surface area (Å²) in [7, 11) is 0. The van der Waals surface area contributed by atoms with Crippen LogP contribution in [-0.2, 0) is 9.59 Å². The lowest BCUT2D eigenvalue weighted by Crippen LogP contribution is -2.58. The van der Waals surface area contributed by atoms with Gasteiger partial charge in [0.15, 0.2) is 0 Å². The third-order valence-corrected chi connectivity index (χ3v) is 4.25. The molecule has 3 saturated heterocycles. The summed E-state index contributed by atoms with van der Waals surface area (Å²) in [5, 5.41) is 10.1. The molecule has 0 amide bonds. The molecule has 17 heavy (non-hydrogen) atoms. The molecule has 94 valence electrons. The number of carbonyl (C=O) groups is 2. The van der Waals surface area contributed by atoms with Crippen molar-refractivity contribution in [3.05, 3.63) is 0 Å². The minimum absolute atomic E-state index is 0.00454. The van der Waals surface area contributed by atoms with E-state index in [9.17, 15) is 9.59 Å². The van der Waals surface area contributed by atoms with E-state index in [2.05, 4.69) is 16.0 Å². The maximum absolute atomic E-state index is 12.2. The van der Waals surface area contributed by atoms with Gasteiger partial charge in [0.05, 0.1) is 12.1 Å². The highest BCUT2D eigenvalue weighted by Gasteiger charge is 2.45. The Morgan fingerprint density at radius 2 is 1.82 bits per heavy atom. The Morgan fingerprint density at radius 3 is 2.71 bits per heavy atom. The summed E-state index contributed by atoms with van der Waals surface area (Å²) in [5.74, 6) is -0.553. The van der Waals surface area contributed by atoms with Crippen LogP contribution in [0.5, 0.6) is 0 Å². The fourth-order valence-corrected chi connectivity index (χ4v) is 3.29. The van der Waals surface area contributed by atoms with Gasteiger partial charge in [-0.3, -0.25) is 14.9 Å². The van der Waals surface area contributed by atoms with E-state index in [4.69, 9.17) is 0 Å². The van der Waals surface area contributed by atoms with Gasteiger partial charge in [0.25, 0.3) is 0 Å². The van der Waals surface area contributed by atoms with Crippen molar-refractivity contribution in [2.45, 2.75) is 31.5 Å². The van der Waals surface area contributed by atoms with Crippen molar-refractivity contribution in [1.82, 2.24) is 16.0 Å². The lowest BCUT2D eigenvalue weighted by atomic mass is 9.84. The predicted octanol–water partition coefficient (Wildman–Crippen LogP) is -0.968. The Labute approximate surface area is 101 Å². The van der Waals surface area contributed by atoms with Gasteiger partial charge in [-0.25, -0.2) is 0 Å². The van der Waals surface area contributed by atoms with Gasteiger partial charge in [-0.15, -0.1) is 0 Å². The van der Waals surface area contributed by atoms with Gasteiger partial charge < -0.3 is 10.6 Å². The first-order valence-corrected chi connectivity index (χ1v) is 6.55. The van der Waals surface area contributed by atoms with Crippen LogP contribution in [0.1, 0.15) is 19.3 Å². The van der Waals surface area contributed by atoms with E-state index in [0.29, 0.717) is 0 Å². The SMILES string of the molecule is O=C1C(=O)C2CCCNC2NC2CNCCC12. The summed E-state index contributed by atoms with van der Waals surface area (Å²) < 4.78 is 0.